The van der Waals surface area contributed by atoms with E-state index < -0.39 is 6.10 Å². The zero-order chi connectivity index (χ0) is 12.4. The first-order chi connectivity index (χ1) is 8.08. The standard InChI is InChI=1S/C13H12ClNO2/c14-9-4-5-12(15)11(7-9)13(17)8-2-1-3-10(16)6-8/h1-7,13,16-17H,15H2. The summed E-state index contributed by atoms with van der Waals surface area (Å²) in [6, 6.07) is 11.3. The van der Waals surface area contributed by atoms with Crippen LogP contribution < -0.4 is 5.73 Å². The highest BCUT2D eigenvalue weighted by Gasteiger charge is 2.14. The van der Waals surface area contributed by atoms with Crippen LogP contribution >= 0.6 is 11.6 Å². The lowest BCUT2D eigenvalue weighted by molar-refractivity contribution is 0.220. The zero-order valence-electron chi connectivity index (χ0n) is 8.97. The number of benzene rings is 2. The molecule has 1 atom stereocenters. The predicted molar refractivity (Wildman–Crippen MR) is 68.0 cm³/mol. The Morgan fingerprint density at radius 3 is 2.59 bits per heavy atom. The normalized spacial score (nSPS) is 12.4. The summed E-state index contributed by atoms with van der Waals surface area (Å²) in [5, 5.41) is 20.0. The molecule has 0 saturated heterocycles. The number of aromatic hydroxyl groups is 1. The van der Waals surface area contributed by atoms with E-state index in [1.54, 1.807) is 30.3 Å². The number of nitrogen functional groups attached to an aromatic ring is 1. The number of hydrogen-bond donors (Lipinski definition) is 3. The molecule has 88 valence electrons. The number of rotatable bonds is 2. The summed E-state index contributed by atoms with van der Waals surface area (Å²) >= 11 is 5.86. The molecule has 0 saturated carbocycles. The molecule has 2 aromatic rings. The second kappa shape index (κ2) is 4.65. The van der Waals surface area contributed by atoms with Crippen LogP contribution in [0.4, 0.5) is 5.69 Å². The Kier molecular flexibility index (Phi) is 3.22. The minimum absolute atomic E-state index is 0.0992. The lowest BCUT2D eigenvalue weighted by atomic mass is 10.00. The van der Waals surface area contributed by atoms with Crippen LogP contribution in [0.3, 0.4) is 0 Å². The largest absolute Gasteiger partial charge is 0.508 e. The van der Waals surface area contributed by atoms with Gasteiger partial charge >= 0.3 is 0 Å². The van der Waals surface area contributed by atoms with E-state index in [0.29, 0.717) is 21.8 Å². The summed E-state index contributed by atoms with van der Waals surface area (Å²) in [5.41, 5.74) is 7.35. The monoisotopic (exact) mass is 249 g/mol. The van der Waals surface area contributed by atoms with Gasteiger partial charge in [0.2, 0.25) is 0 Å². The number of phenols is 1. The Bertz CT molecular complexity index is 543. The van der Waals surface area contributed by atoms with Crippen LogP contribution in [0.2, 0.25) is 5.02 Å². The SMILES string of the molecule is Nc1ccc(Cl)cc1C(O)c1cccc(O)c1. The molecule has 1 unspecified atom stereocenters. The Hall–Kier alpha value is -1.71. The molecular formula is C13H12ClNO2. The summed E-state index contributed by atoms with van der Waals surface area (Å²) < 4.78 is 0. The molecule has 0 radical (unpaired) electrons. The van der Waals surface area contributed by atoms with E-state index in [2.05, 4.69) is 0 Å². The molecule has 3 nitrogen and oxygen atoms in total. The highest BCUT2D eigenvalue weighted by Crippen LogP contribution is 2.30. The summed E-state index contributed by atoms with van der Waals surface area (Å²) in [6.07, 6.45) is -0.902. The number of hydrogen-bond acceptors (Lipinski definition) is 3. The fourth-order valence-electron chi connectivity index (χ4n) is 1.66. The molecule has 2 rings (SSSR count). The van der Waals surface area contributed by atoms with Gasteiger partial charge in [-0.3, -0.25) is 0 Å². The number of nitrogens with two attached hydrogens (primary N) is 1. The first kappa shape index (κ1) is 11.8. The molecule has 0 fully saturated rings. The first-order valence-corrected chi connectivity index (χ1v) is 5.47. The van der Waals surface area contributed by atoms with Crippen molar-refractivity contribution >= 4 is 17.3 Å². The van der Waals surface area contributed by atoms with Crippen LogP contribution in [-0.4, -0.2) is 10.2 Å². The Balaban J connectivity index is 2.43. The third-order valence-corrected chi connectivity index (χ3v) is 2.76. The molecule has 0 bridgehead atoms. The second-order valence-electron chi connectivity index (χ2n) is 3.77. The molecule has 0 aliphatic heterocycles. The second-order valence-corrected chi connectivity index (χ2v) is 4.21. The summed E-state index contributed by atoms with van der Waals surface area (Å²) in [7, 11) is 0. The first-order valence-electron chi connectivity index (χ1n) is 5.10. The Labute approximate surface area is 104 Å². The van der Waals surface area contributed by atoms with Crippen molar-refractivity contribution in [3.63, 3.8) is 0 Å². The van der Waals surface area contributed by atoms with E-state index in [1.165, 1.54) is 12.1 Å². The van der Waals surface area contributed by atoms with Crippen LogP contribution in [0.1, 0.15) is 17.2 Å². The summed E-state index contributed by atoms with van der Waals surface area (Å²) in [5.74, 6) is 0.0992. The predicted octanol–water partition coefficient (Wildman–Crippen LogP) is 2.71. The van der Waals surface area contributed by atoms with Crippen LogP contribution in [0, 0.1) is 0 Å². The van der Waals surface area contributed by atoms with E-state index in [-0.39, 0.29) is 5.75 Å². The molecule has 4 heteroatoms. The van der Waals surface area contributed by atoms with Gasteiger partial charge in [0, 0.05) is 16.3 Å². The zero-order valence-corrected chi connectivity index (χ0v) is 9.72. The van der Waals surface area contributed by atoms with Crippen molar-refractivity contribution < 1.29 is 10.2 Å². The van der Waals surface area contributed by atoms with Crippen molar-refractivity contribution in [1.29, 1.82) is 0 Å². The molecule has 0 heterocycles. The van der Waals surface area contributed by atoms with Crippen LogP contribution in [-0.2, 0) is 0 Å². The van der Waals surface area contributed by atoms with Crippen molar-refractivity contribution in [2.24, 2.45) is 0 Å². The van der Waals surface area contributed by atoms with Gasteiger partial charge in [-0.15, -0.1) is 0 Å². The number of aliphatic hydroxyl groups excluding tert-OH is 1. The number of aliphatic hydroxyl groups is 1. The highest BCUT2D eigenvalue weighted by atomic mass is 35.5. The van der Waals surface area contributed by atoms with Crippen LogP contribution in [0.15, 0.2) is 42.5 Å². The maximum absolute atomic E-state index is 10.2. The van der Waals surface area contributed by atoms with E-state index in [1.807, 2.05) is 0 Å². The van der Waals surface area contributed by atoms with E-state index in [4.69, 9.17) is 17.3 Å². The van der Waals surface area contributed by atoms with Gasteiger partial charge in [-0.05, 0) is 35.9 Å². The highest BCUT2D eigenvalue weighted by molar-refractivity contribution is 6.30. The van der Waals surface area contributed by atoms with Gasteiger partial charge in [-0.1, -0.05) is 23.7 Å². The summed E-state index contributed by atoms with van der Waals surface area (Å²) in [6.45, 7) is 0. The molecular weight excluding hydrogens is 238 g/mol. The third kappa shape index (κ3) is 2.52. The van der Waals surface area contributed by atoms with Crippen molar-refractivity contribution in [2.45, 2.75) is 6.10 Å². The maximum atomic E-state index is 10.2. The maximum Gasteiger partial charge on any atom is 0.115 e. The minimum Gasteiger partial charge on any atom is -0.508 e. The topological polar surface area (TPSA) is 66.5 Å². The Morgan fingerprint density at radius 2 is 1.88 bits per heavy atom. The van der Waals surface area contributed by atoms with Gasteiger partial charge < -0.3 is 15.9 Å². The average molecular weight is 250 g/mol. The lowest BCUT2D eigenvalue weighted by Crippen LogP contribution is -2.03. The van der Waals surface area contributed by atoms with Gasteiger partial charge in [-0.25, -0.2) is 0 Å². The fraction of sp³-hybridized carbons (Fsp3) is 0.0769. The van der Waals surface area contributed by atoms with Crippen LogP contribution in [0.5, 0.6) is 5.75 Å². The summed E-state index contributed by atoms with van der Waals surface area (Å²) in [4.78, 5) is 0. The van der Waals surface area contributed by atoms with E-state index in [9.17, 15) is 10.2 Å². The van der Waals surface area contributed by atoms with Crippen molar-refractivity contribution in [2.75, 3.05) is 5.73 Å². The molecule has 0 aliphatic carbocycles. The average Bonchev–Trinajstić information content (AvgIpc) is 2.31. The smallest absolute Gasteiger partial charge is 0.115 e. The number of phenolic OH excluding ortho intramolecular Hbond substituents is 1. The van der Waals surface area contributed by atoms with Gasteiger partial charge in [0.05, 0.1) is 0 Å². The Morgan fingerprint density at radius 1 is 1.12 bits per heavy atom. The van der Waals surface area contributed by atoms with E-state index >= 15 is 0 Å². The van der Waals surface area contributed by atoms with Crippen molar-refractivity contribution in [1.82, 2.24) is 0 Å². The molecule has 0 aromatic heterocycles. The van der Waals surface area contributed by atoms with Crippen molar-refractivity contribution in [3.05, 3.63) is 58.6 Å². The fourth-order valence-corrected chi connectivity index (χ4v) is 1.84. The molecule has 2 aromatic carbocycles. The third-order valence-electron chi connectivity index (χ3n) is 2.53. The van der Waals surface area contributed by atoms with E-state index in [0.717, 1.165) is 0 Å². The quantitative estimate of drug-likeness (QED) is 0.717. The molecule has 0 spiro atoms. The minimum atomic E-state index is -0.902. The lowest BCUT2D eigenvalue weighted by Gasteiger charge is -2.14. The van der Waals surface area contributed by atoms with Crippen LogP contribution in [0.25, 0.3) is 0 Å². The molecule has 0 amide bonds. The number of halogens is 1. The number of anilines is 1. The molecule has 17 heavy (non-hydrogen) atoms. The van der Waals surface area contributed by atoms with Gasteiger partial charge in [-0.2, -0.15) is 0 Å². The molecule has 0 aliphatic rings. The van der Waals surface area contributed by atoms with Gasteiger partial charge in [0.25, 0.3) is 0 Å². The molecule has 4 N–H and O–H groups in total. The van der Waals surface area contributed by atoms with Gasteiger partial charge in [0.1, 0.15) is 11.9 Å². The van der Waals surface area contributed by atoms with Crippen molar-refractivity contribution in [3.8, 4) is 5.75 Å². The van der Waals surface area contributed by atoms with Gasteiger partial charge in [0.15, 0.2) is 0 Å².